The van der Waals surface area contributed by atoms with Crippen LogP contribution in [0.5, 0.6) is 0 Å². The second-order valence-electron chi connectivity index (χ2n) is 6.51. The molecule has 3 nitrogen and oxygen atoms in total. The van der Waals surface area contributed by atoms with Gasteiger partial charge in [0.15, 0.2) is 0 Å². The molecular formula is C18H25NO2. The number of benzene rings is 1. The van der Waals surface area contributed by atoms with Crippen molar-refractivity contribution in [1.82, 2.24) is 0 Å². The van der Waals surface area contributed by atoms with Gasteiger partial charge in [-0.25, -0.2) is 0 Å². The average molecular weight is 287 g/mol. The summed E-state index contributed by atoms with van der Waals surface area (Å²) in [6.45, 7) is 10.3. The van der Waals surface area contributed by atoms with E-state index < -0.39 is 0 Å². The summed E-state index contributed by atoms with van der Waals surface area (Å²) in [5.74, 6) is 5.86. The monoisotopic (exact) mass is 287 g/mol. The first-order valence-corrected chi connectivity index (χ1v) is 7.24. The van der Waals surface area contributed by atoms with Crippen molar-refractivity contribution >= 4 is 11.6 Å². The Balaban J connectivity index is 2.72. The van der Waals surface area contributed by atoms with E-state index in [9.17, 15) is 4.79 Å². The van der Waals surface area contributed by atoms with Crippen molar-refractivity contribution in [3.05, 3.63) is 29.3 Å². The van der Waals surface area contributed by atoms with Crippen LogP contribution in [0.4, 0.5) is 5.69 Å². The Morgan fingerprint density at radius 1 is 1.38 bits per heavy atom. The molecule has 0 heterocycles. The third kappa shape index (κ3) is 5.61. The first-order chi connectivity index (χ1) is 9.74. The van der Waals surface area contributed by atoms with Gasteiger partial charge in [0.1, 0.15) is 6.61 Å². The molecule has 0 bridgehead atoms. The van der Waals surface area contributed by atoms with Crippen LogP contribution in [0.1, 0.15) is 45.2 Å². The molecule has 114 valence electrons. The lowest BCUT2D eigenvalue weighted by molar-refractivity contribution is -0.117. The Labute approximate surface area is 127 Å². The highest BCUT2D eigenvalue weighted by Crippen LogP contribution is 2.28. The summed E-state index contributed by atoms with van der Waals surface area (Å²) in [5, 5.41) is 11.6. The zero-order valence-corrected chi connectivity index (χ0v) is 13.6. The number of aryl methyl sites for hydroxylation is 1. The zero-order valence-electron chi connectivity index (χ0n) is 13.6. The Morgan fingerprint density at radius 3 is 2.57 bits per heavy atom. The lowest BCUT2D eigenvalue weighted by Gasteiger charge is -2.26. The Kier molecular flexibility index (Phi) is 5.99. The van der Waals surface area contributed by atoms with Gasteiger partial charge in [-0.15, -0.1) is 0 Å². The summed E-state index contributed by atoms with van der Waals surface area (Å²) in [6, 6.07) is 5.61. The van der Waals surface area contributed by atoms with Gasteiger partial charge in [0, 0.05) is 17.7 Å². The van der Waals surface area contributed by atoms with Crippen LogP contribution in [0.15, 0.2) is 18.2 Å². The summed E-state index contributed by atoms with van der Waals surface area (Å²) in [6.07, 6.45) is 0.509. The molecular weight excluding hydrogens is 262 g/mol. The minimum absolute atomic E-state index is 0.0333. The predicted molar refractivity (Wildman–Crippen MR) is 87.0 cm³/mol. The summed E-state index contributed by atoms with van der Waals surface area (Å²) in [4.78, 5) is 12.1. The van der Waals surface area contributed by atoms with E-state index in [1.54, 1.807) is 0 Å². The number of aliphatic hydroxyl groups is 1. The standard InChI is InChI=1S/C18H25NO2/c1-13-11-16(9-8-15(13)7-6-10-20)19-17(21)12-14(2)18(3,4)5/h8-9,11,14,20H,10,12H2,1-5H3,(H,19,21). The van der Waals surface area contributed by atoms with Crippen molar-refractivity contribution in [2.24, 2.45) is 11.3 Å². The molecule has 0 saturated carbocycles. The summed E-state index contributed by atoms with van der Waals surface area (Å²) in [5.41, 5.74) is 2.76. The van der Waals surface area contributed by atoms with Crippen LogP contribution >= 0.6 is 0 Å². The molecule has 3 heteroatoms. The normalized spacial score (nSPS) is 12.3. The Morgan fingerprint density at radius 2 is 2.05 bits per heavy atom. The van der Waals surface area contributed by atoms with Crippen molar-refractivity contribution in [3.63, 3.8) is 0 Å². The molecule has 0 saturated heterocycles. The van der Waals surface area contributed by atoms with Gasteiger partial charge < -0.3 is 10.4 Å². The quantitative estimate of drug-likeness (QED) is 0.838. The second kappa shape index (κ2) is 7.28. The highest BCUT2D eigenvalue weighted by atomic mass is 16.2. The maximum atomic E-state index is 12.1. The largest absolute Gasteiger partial charge is 0.384 e. The third-order valence-electron chi connectivity index (χ3n) is 3.78. The number of anilines is 1. The molecule has 0 spiro atoms. The third-order valence-corrected chi connectivity index (χ3v) is 3.78. The van der Waals surface area contributed by atoms with Crippen molar-refractivity contribution in [1.29, 1.82) is 0 Å². The van der Waals surface area contributed by atoms with E-state index in [4.69, 9.17) is 5.11 Å². The fraction of sp³-hybridized carbons (Fsp3) is 0.500. The van der Waals surface area contributed by atoms with Crippen LogP contribution in [-0.2, 0) is 4.79 Å². The van der Waals surface area contributed by atoms with Gasteiger partial charge >= 0.3 is 0 Å². The van der Waals surface area contributed by atoms with Crippen molar-refractivity contribution < 1.29 is 9.90 Å². The highest BCUT2D eigenvalue weighted by Gasteiger charge is 2.22. The predicted octanol–water partition coefficient (Wildman–Crippen LogP) is 3.35. The summed E-state index contributed by atoms with van der Waals surface area (Å²) >= 11 is 0. The van der Waals surface area contributed by atoms with Gasteiger partial charge in [0.25, 0.3) is 0 Å². The molecule has 1 aromatic carbocycles. The number of rotatable bonds is 3. The van der Waals surface area contributed by atoms with Crippen LogP contribution in [0, 0.1) is 30.1 Å². The van der Waals surface area contributed by atoms with Crippen molar-refractivity contribution in [2.75, 3.05) is 11.9 Å². The molecule has 1 amide bonds. The zero-order chi connectivity index (χ0) is 16.0. The van der Waals surface area contributed by atoms with Gasteiger partial charge in [-0.2, -0.15) is 0 Å². The molecule has 0 aliphatic carbocycles. The van der Waals surface area contributed by atoms with Gasteiger partial charge in [-0.1, -0.05) is 39.5 Å². The average Bonchev–Trinajstić information content (AvgIpc) is 2.36. The van der Waals surface area contributed by atoms with Gasteiger partial charge in [-0.05, 0) is 42.0 Å². The first kappa shape index (κ1) is 17.3. The SMILES string of the molecule is Cc1cc(NC(=O)CC(C)C(C)(C)C)ccc1C#CCO. The molecule has 0 aromatic heterocycles. The number of hydrogen-bond acceptors (Lipinski definition) is 2. The van der Waals surface area contributed by atoms with Gasteiger partial charge in [0.05, 0.1) is 0 Å². The van der Waals surface area contributed by atoms with Crippen molar-refractivity contribution in [3.8, 4) is 11.8 Å². The van der Waals surface area contributed by atoms with Crippen LogP contribution < -0.4 is 5.32 Å². The van der Waals surface area contributed by atoms with E-state index in [2.05, 4.69) is 44.9 Å². The number of carbonyl (C=O) groups excluding carboxylic acids is 1. The van der Waals surface area contributed by atoms with E-state index in [0.717, 1.165) is 16.8 Å². The molecule has 0 aliphatic rings. The Bertz CT molecular complexity index is 559. The summed E-state index contributed by atoms with van der Waals surface area (Å²) < 4.78 is 0. The molecule has 2 N–H and O–H groups in total. The Hall–Kier alpha value is -1.79. The van der Waals surface area contributed by atoms with E-state index in [0.29, 0.717) is 12.3 Å². The van der Waals surface area contributed by atoms with Crippen LogP contribution in [-0.4, -0.2) is 17.6 Å². The molecule has 1 atom stereocenters. The van der Waals surface area contributed by atoms with Gasteiger partial charge in [-0.3, -0.25) is 4.79 Å². The molecule has 21 heavy (non-hydrogen) atoms. The molecule has 0 fully saturated rings. The fourth-order valence-electron chi connectivity index (χ4n) is 1.81. The van der Waals surface area contributed by atoms with E-state index in [1.165, 1.54) is 0 Å². The first-order valence-electron chi connectivity index (χ1n) is 7.24. The molecule has 0 radical (unpaired) electrons. The minimum Gasteiger partial charge on any atom is -0.384 e. The maximum absolute atomic E-state index is 12.1. The topological polar surface area (TPSA) is 49.3 Å². The molecule has 0 aliphatic heterocycles. The van der Waals surface area contributed by atoms with E-state index in [1.807, 2.05) is 25.1 Å². The molecule has 1 rings (SSSR count). The fourth-order valence-corrected chi connectivity index (χ4v) is 1.81. The number of hydrogen-bond donors (Lipinski definition) is 2. The summed E-state index contributed by atoms with van der Waals surface area (Å²) in [7, 11) is 0. The van der Waals surface area contributed by atoms with Gasteiger partial charge in [0.2, 0.25) is 5.91 Å². The van der Waals surface area contributed by atoms with E-state index >= 15 is 0 Å². The second-order valence-corrected chi connectivity index (χ2v) is 6.51. The van der Waals surface area contributed by atoms with Crippen LogP contribution in [0.2, 0.25) is 0 Å². The van der Waals surface area contributed by atoms with E-state index in [-0.39, 0.29) is 17.9 Å². The smallest absolute Gasteiger partial charge is 0.224 e. The lowest BCUT2D eigenvalue weighted by atomic mass is 9.80. The van der Waals surface area contributed by atoms with Crippen LogP contribution in [0.25, 0.3) is 0 Å². The number of amides is 1. The molecule has 1 aromatic rings. The minimum atomic E-state index is -0.150. The number of carbonyl (C=O) groups is 1. The number of aliphatic hydroxyl groups excluding tert-OH is 1. The molecule has 1 unspecified atom stereocenters. The highest BCUT2D eigenvalue weighted by molar-refractivity contribution is 5.91. The van der Waals surface area contributed by atoms with Crippen LogP contribution in [0.3, 0.4) is 0 Å². The number of nitrogens with one attached hydrogen (secondary N) is 1. The van der Waals surface area contributed by atoms with Crippen molar-refractivity contribution in [2.45, 2.75) is 41.0 Å². The lowest BCUT2D eigenvalue weighted by Crippen LogP contribution is -2.23. The maximum Gasteiger partial charge on any atom is 0.224 e.